The van der Waals surface area contributed by atoms with Crippen molar-refractivity contribution in [2.45, 2.75) is 17.9 Å². The van der Waals surface area contributed by atoms with Crippen molar-refractivity contribution >= 4 is 31.7 Å². The van der Waals surface area contributed by atoms with E-state index in [0.717, 1.165) is 5.39 Å². The average Bonchev–Trinajstić information content (AvgIpc) is 3.07. The Balaban J connectivity index is 2.03. The van der Waals surface area contributed by atoms with Gasteiger partial charge in [-0.2, -0.15) is 5.10 Å². The summed E-state index contributed by atoms with van der Waals surface area (Å²) in [4.78, 5) is -0.0840. The number of hydrogen-bond acceptors (Lipinski definition) is 4. The molecule has 0 aliphatic heterocycles. The van der Waals surface area contributed by atoms with Crippen LogP contribution in [0.1, 0.15) is 17.7 Å². The summed E-state index contributed by atoms with van der Waals surface area (Å²) in [5.41, 5.74) is 1.23. The second kappa shape index (κ2) is 6.62. The lowest BCUT2D eigenvalue weighted by Gasteiger charge is -2.08. The average molecular weight is 403 g/mol. The molecule has 1 heterocycles. The number of aliphatic hydroxyl groups is 1. The molecule has 0 saturated carbocycles. The number of hydrogen-bond donors (Lipinski definition) is 2. The van der Waals surface area contributed by atoms with Crippen molar-refractivity contribution in [1.82, 2.24) is 9.78 Å². The quantitative estimate of drug-likeness (QED) is 0.546. The topological polar surface area (TPSA) is 98.2 Å². The number of aromatic nitrogens is 2. The highest BCUT2D eigenvalue weighted by Gasteiger charge is 2.21. The van der Waals surface area contributed by atoms with Crippen LogP contribution in [0, 0.1) is 0 Å². The molecule has 3 N–H and O–H groups in total. The van der Waals surface area contributed by atoms with Crippen LogP contribution < -0.4 is 5.14 Å². The van der Waals surface area contributed by atoms with Crippen LogP contribution in [0.25, 0.3) is 27.4 Å². The van der Waals surface area contributed by atoms with Crippen LogP contribution in [0.4, 0.5) is 8.78 Å². The number of nitrogens with zero attached hydrogens (tertiary/aromatic N) is 2. The summed E-state index contributed by atoms with van der Waals surface area (Å²) < 4.78 is 51.4. The molecule has 0 saturated heterocycles. The first kappa shape index (κ1) is 18.5. The Morgan fingerprint density at radius 2 is 1.71 bits per heavy atom. The van der Waals surface area contributed by atoms with Crippen molar-refractivity contribution in [3.63, 3.8) is 0 Å². The maximum Gasteiger partial charge on any atom is 0.282 e. The molecule has 0 bridgehead atoms. The van der Waals surface area contributed by atoms with Crippen LogP contribution in [0.2, 0.25) is 0 Å². The summed E-state index contributed by atoms with van der Waals surface area (Å²) in [5, 5.41) is 20.3. The van der Waals surface area contributed by atoms with E-state index in [0.29, 0.717) is 27.5 Å². The Labute approximate surface area is 158 Å². The minimum absolute atomic E-state index is 0.0840. The molecule has 144 valence electrons. The number of sulfonamides is 1. The molecule has 0 radical (unpaired) electrons. The van der Waals surface area contributed by atoms with Gasteiger partial charge in [-0.25, -0.2) is 27.0 Å². The standard InChI is InChI=1S/C19H15F2N3O3S/c20-19(21)17-16-8-2-12-9-11(10-25)1-7-15(12)18(16)24(23-17)13-3-5-14(6-4-13)28(22,26)27/h1-9,19,25H,10H2,(H2,22,26,27). The SMILES string of the molecule is NS(=O)(=O)c1ccc(-n2nc(C(F)F)c3ccc4cc(CO)ccc4c32)cc1. The molecule has 6 nitrogen and oxygen atoms in total. The fourth-order valence-electron chi connectivity index (χ4n) is 3.23. The van der Waals surface area contributed by atoms with Gasteiger partial charge in [-0.05, 0) is 41.3 Å². The van der Waals surface area contributed by atoms with Gasteiger partial charge < -0.3 is 5.11 Å². The summed E-state index contributed by atoms with van der Waals surface area (Å²) in [7, 11) is -3.87. The minimum Gasteiger partial charge on any atom is -0.392 e. The van der Waals surface area contributed by atoms with Gasteiger partial charge in [0.1, 0.15) is 5.69 Å². The molecule has 0 fully saturated rings. The van der Waals surface area contributed by atoms with E-state index in [2.05, 4.69) is 5.10 Å². The minimum atomic E-state index is -3.87. The molecule has 0 spiro atoms. The van der Waals surface area contributed by atoms with Gasteiger partial charge in [0.2, 0.25) is 10.0 Å². The van der Waals surface area contributed by atoms with E-state index in [1.165, 1.54) is 28.9 Å². The van der Waals surface area contributed by atoms with Gasteiger partial charge in [0.25, 0.3) is 6.43 Å². The highest BCUT2D eigenvalue weighted by Crippen LogP contribution is 2.34. The third-order valence-corrected chi connectivity index (χ3v) is 5.48. The van der Waals surface area contributed by atoms with E-state index in [1.807, 2.05) is 0 Å². The van der Waals surface area contributed by atoms with Gasteiger partial charge in [-0.1, -0.05) is 24.3 Å². The van der Waals surface area contributed by atoms with Gasteiger partial charge in [0.05, 0.1) is 22.7 Å². The molecule has 4 rings (SSSR count). The van der Waals surface area contributed by atoms with Crippen LogP contribution in [0.15, 0.2) is 59.5 Å². The van der Waals surface area contributed by atoms with Gasteiger partial charge >= 0.3 is 0 Å². The fraction of sp³-hybridized carbons (Fsp3) is 0.105. The monoisotopic (exact) mass is 403 g/mol. The Bertz CT molecular complexity index is 1300. The van der Waals surface area contributed by atoms with Crippen molar-refractivity contribution in [2.75, 3.05) is 0 Å². The first-order chi connectivity index (χ1) is 13.3. The van der Waals surface area contributed by atoms with Crippen LogP contribution in [0.3, 0.4) is 0 Å². The summed E-state index contributed by atoms with van der Waals surface area (Å²) in [5.74, 6) is 0. The molecule has 0 aliphatic rings. The van der Waals surface area contributed by atoms with Crippen molar-refractivity contribution in [2.24, 2.45) is 5.14 Å². The largest absolute Gasteiger partial charge is 0.392 e. The van der Waals surface area contributed by atoms with Crippen molar-refractivity contribution in [1.29, 1.82) is 0 Å². The molecular formula is C19H15F2N3O3S. The third-order valence-electron chi connectivity index (χ3n) is 4.55. The molecule has 28 heavy (non-hydrogen) atoms. The number of fused-ring (bicyclic) bond motifs is 3. The molecular weight excluding hydrogens is 388 g/mol. The van der Waals surface area contributed by atoms with Crippen LogP contribution >= 0.6 is 0 Å². The number of halogens is 2. The predicted molar refractivity (Wildman–Crippen MR) is 101 cm³/mol. The van der Waals surface area contributed by atoms with E-state index >= 15 is 0 Å². The van der Waals surface area contributed by atoms with Gasteiger partial charge in [-0.15, -0.1) is 0 Å². The van der Waals surface area contributed by atoms with Gasteiger partial charge in [-0.3, -0.25) is 0 Å². The highest BCUT2D eigenvalue weighted by molar-refractivity contribution is 7.89. The summed E-state index contributed by atoms with van der Waals surface area (Å²) in [6.07, 6.45) is -2.78. The van der Waals surface area contributed by atoms with E-state index in [9.17, 15) is 22.3 Å². The predicted octanol–water partition coefficient (Wildman–Crippen LogP) is 3.26. The lowest BCUT2D eigenvalue weighted by atomic mass is 10.0. The number of primary sulfonamides is 1. The van der Waals surface area contributed by atoms with Gasteiger partial charge in [0.15, 0.2) is 0 Å². The maximum absolute atomic E-state index is 13.6. The van der Waals surface area contributed by atoms with Crippen molar-refractivity contribution in [3.8, 4) is 5.69 Å². The molecule has 3 aromatic carbocycles. The maximum atomic E-state index is 13.6. The van der Waals surface area contributed by atoms with Crippen molar-refractivity contribution in [3.05, 3.63) is 65.9 Å². The second-order valence-corrected chi connectivity index (χ2v) is 7.87. The normalized spacial score (nSPS) is 12.3. The summed E-state index contributed by atoms with van der Waals surface area (Å²) in [6.45, 7) is -0.134. The lowest BCUT2D eigenvalue weighted by molar-refractivity contribution is 0.147. The second-order valence-electron chi connectivity index (χ2n) is 6.31. The zero-order chi connectivity index (χ0) is 20.1. The van der Waals surface area contributed by atoms with E-state index in [1.54, 1.807) is 30.3 Å². The number of alkyl halides is 2. The number of benzene rings is 3. The Hall–Kier alpha value is -2.88. The summed E-state index contributed by atoms with van der Waals surface area (Å²) in [6, 6.07) is 14.0. The first-order valence-electron chi connectivity index (χ1n) is 8.26. The zero-order valence-corrected chi connectivity index (χ0v) is 15.2. The van der Waals surface area contributed by atoms with Crippen LogP contribution in [-0.2, 0) is 16.6 Å². The first-order valence-corrected chi connectivity index (χ1v) is 9.81. The van der Waals surface area contributed by atoms with Crippen LogP contribution in [0.5, 0.6) is 0 Å². The number of nitrogens with two attached hydrogens (primary N) is 1. The van der Waals surface area contributed by atoms with Crippen molar-refractivity contribution < 1.29 is 22.3 Å². The smallest absolute Gasteiger partial charge is 0.282 e. The molecule has 9 heteroatoms. The zero-order valence-electron chi connectivity index (χ0n) is 14.4. The molecule has 0 atom stereocenters. The van der Waals surface area contributed by atoms with Crippen LogP contribution in [-0.4, -0.2) is 23.3 Å². The Morgan fingerprint density at radius 1 is 1.04 bits per heavy atom. The molecule has 0 amide bonds. The van der Waals surface area contributed by atoms with E-state index in [-0.39, 0.29) is 17.2 Å². The third kappa shape index (κ3) is 3.03. The van der Waals surface area contributed by atoms with E-state index < -0.39 is 16.4 Å². The fourth-order valence-corrected chi connectivity index (χ4v) is 3.75. The molecule has 0 aliphatic carbocycles. The van der Waals surface area contributed by atoms with E-state index in [4.69, 9.17) is 5.14 Å². The highest BCUT2D eigenvalue weighted by atomic mass is 32.2. The van der Waals surface area contributed by atoms with Gasteiger partial charge in [0, 0.05) is 10.8 Å². The number of aliphatic hydroxyl groups excluding tert-OH is 1. The molecule has 0 unspecified atom stereocenters. The lowest BCUT2D eigenvalue weighted by Crippen LogP contribution is -2.12. The molecule has 1 aromatic heterocycles. The summed E-state index contributed by atoms with van der Waals surface area (Å²) >= 11 is 0. The Morgan fingerprint density at radius 3 is 2.32 bits per heavy atom. The number of rotatable bonds is 4. The molecule has 4 aromatic rings. The Kier molecular flexibility index (Phi) is 4.37.